The Bertz CT molecular complexity index is 1100. The van der Waals surface area contributed by atoms with Crippen molar-refractivity contribution in [3.63, 3.8) is 0 Å². The lowest BCUT2D eigenvalue weighted by Gasteiger charge is -2.46. The van der Waals surface area contributed by atoms with Gasteiger partial charge in [-0.25, -0.2) is 9.97 Å². The summed E-state index contributed by atoms with van der Waals surface area (Å²) in [5.41, 5.74) is 2.03. The first-order valence-electron chi connectivity index (χ1n) is 9.27. The van der Waals surface area contributed by atoms with Gasteiger partial charge in [0.25, 0.3) is 5.91 Å². The molecule has 0 aliphatic carbocycles. The molecule has 2 atom stereocenters. The summed E-state index contributed by atoms with van der Waals surface area (Å²) >= 11 is 1.40. The van der Waals surface area contributed by atoms with Crippen molar-refractivity contribution in [3.05, 3.63) is 47.0 Å². The van der Waals surface area contributed by atoms with Gasteiger partial charge in [0.1, 0.15) is 22.2 Å². The number of anilines is 2. The topological polar surface area (TPSA) is 93.9 Å². The van der Waals surface area contributed by atoms with E-state index in [1.165, 1.54) is 17.8 Å². The molecule has 3 aromatic rings. The fraction of sp³-hybridized carbons (Fsp3) is 0.300. The number of nitrogens with one attached hydrogen (secondary N) is 2. The number of para-hydroxylation sites is 1. The average molecular weight is 390 g/mol. The summed E-state index contributed by atoms with van der Waals surface area (Å²) in [6.07, 6.45) is 4.16. The molecule has 0 spiro atoms. The number of piperazine rings is 1. The Balaban J connectivity index is 1.47. The van der Waals surface area contributed by atoms with Gasteiger partial charge in [0, 0.05) is 30.6 Å². The smallest absolute Gasteiger partial charge is 0.258 e. The van der Waals surface area contributed by atoms with Gasteiger partial charge in [0.05, 0.1) is 23.0 Å². The van der Waals surface area contributed by atoms with E-state index < -0.39 is 0 Å². The Hall–Kier alpha value is -3.02. The van der Waals surface area contributed by atoms with Crippen LogP contribution in [-0.2, 0) is 0 Å². The zero-order valence-corrected chi connectivity index (χ0v) is 15.9. The number of nitriles is 1. The summed E-state index contributed by atoms with van der Waals surface area (Å²) in [6, 6.07) is 9.98. The van der Waals surface area contributed by atoms with Crippen LogP contribution < -0.4 is 15.5 Å². The Morgan fingerprint density at radius 2 is 2.25 bits per heavy atom. The highest BCUT2D eigenvalue weighted by Gasteiger charge is 2.34. The van der Waals surface area contributed by atoms with Crippen molar-refractivity contribution >= 4 is 39.1 Å². The number of rotatable bonds is 3. The standard InChI is InChI=1S/C20H18N6OS/c21-7-12-3-1-2-4-16(12)24-19(27)15-11-28-20-18(15)25-17(9-23-20)26-10-13-5-6-14(26)8-22-13/h1-4,9,11,13-14,22H,5-6,8,10H2,(H,24,27)/t13-,14?/m0/s1. The minimum Gasteiger partial charge on any atom is -0.349 e. The monoisotopic (exact) mass is 390 g/mol. The minimum atomic E-state index is -0.276. The first-order chi connectivity index (χ1) is 13.7. The first-order valence-corrected chi connectivity index (χ1v) is 10.2. The van der Waals surface area contributed by atoms with E-state index in [-0.39, 0.29) is 5.91 Å². The molecule has 28 heavy (non-hydrogen) atoms. The molecule has 5 heterocycles. The second kappa shape index (κ2) is 6.86. The lowest BCUT2D eigenvalue weighted by molar-refractivity contribution is 0.102. The van der Waals surface area contributed by atoms with Crippen LogP contribution in [0.15, 0.2) is 35.8 Å². The largest absolute Gasteiger partial charge is 0.349 e. The SMILES string of the molecule is N#Cc1ccccc1NC(=O)c1csc2ncc(N3C[C@@H]4CCC3CN4)nc12. The number of carbonyl (C=O) groups is 1. The number of fused-ring (bicyclic) bond motifs is 4. The maximum Gasteiger partial charge on any atom is 0.258 e. The van der Waals surface area contributed by atoms with Crippen LogP contribution >= 0.6 is 11.3 Å². The molecule has 2 aromatic heterocycles. The molecule has 6 rings (SSSR count). The van der Waals surface area contributed by atoms with Gasteiger partial charge in [-0.3, -0.25) is 4.79 Å². The van der Waals surface area contributed by atoms with Gasteiger partial charge >= 0.3 is 0 Å². The molecule has 3 fully saturated rings. The number of piperidine rings is 2. The highest BCUT2D eigenvalue weighted by Crippen LogP contribution is 2.30. The first kappa shape index (κ1) is 17.1. The molecule has 0 saturated carbocycles. The van der Waals surface area contributed by atoms with Crippen molar-refractivity contribution in [1.29, 1.82) is 5.26 Å². The summed E-state index contributed by atoms with van der Waals surface area (Å²) in [7, 11) is 0. The van der Waals surface area contributed by atoms with Gasteiger partial charge in [0.2, 0.25) is 0 Å². The minimum absolute atomic E-state index is 0.276. The number of benzene rings is 1. The fourth-order valence-corrected chi connectivity index (χ4v) is 4.80. The third-order valence-corrected chi connectivity index (χ3v) is 6.33. The molecular formula is C20H18N6OS. The summed E-state index contributed by atoms with van der Waals surface area (Å²) in [6.45, 7) is 1.89. The molecule has 3 aliphatic heterocycles. The van der Waals surface area contributed by atoms with Crippen LogP contribution in [0.1, 0.15) is 28.8 Å². The molecule has 140 valence electrons. The number of carbonyl (C=O) groups excluding carboxylic acids is 1. The summed E-state index contributed by atoms with van der Waals surface area (Å²) in [5, 5.41) is 17.4. The molecule has 0 radical (unpaired) electrons. The Morgan fingerprint density at radius 1 is 1.36 bits per heavy atom. The van der Waals surface area contributed by atoms with E-state index in [0.717, 1.165) is 30.2 Å². The molecule has 3 aliphatic rings. The highest BCUT2D eigenvalue weighted by molar-refractivity contribution is 7.17. The van der Waals surface area contributed by atoms with Crippen molar-refractivity contribution in [3.8, 4) is 6.07 Å². The molecule has 1 amide bonds. The quantitative estimate of drug-likeness (QED) is 0.714. The number of hydrogen-bond acceptors (Lipinski definition) is 7. The van der Waals surface area contributed by atoms with E-state index in [1.54, 1.807) is 29.6 Å². The fourth-order valence-electron chi connectivity index (χ4n) is 3.97. The van der Waals surface area contributed by atoms with E-state index in [9.17, 15) is 10.1 Å². The predicted octanol–water partition coefficient (Wildman–Crippen LogP) is 2.76. The van der Waals surface area contributed by atoms with Crippen molar-refractivity contribution in [2.45, 2.75) is 24.9 Å². The normalized spacial score (nSPS) is 20.9. The van der Waals surface area contributed by atoms with E-state index in [2.05, 4.69) is 26.6 Å². The van der Waals surface area contributed by atoms with Gasteiger partial charge in [-0.05, 0) is 25.0 Å². The zero-order valence-electron chi connectivity index (χ0n) is 15.1. The Kier molecular flexibility index (Phi) is 4.19. The molecule has 3 saturated heterocycles. The maximum atomic E-state index is 12.9. The molecule has 2 N–H and O–H groups in total. The maximum absolute atomic E-state index is 12.9. The summed E-state index contributed by atoms with van der Waals surface area (Å²) in [5.74, 6) is 0.552. The van der Waals surface area contributed by atoms with Crippen LogP contribution in [0, 0.1) is 11.3 Å². The Morgan fingerprint density at radius 3 is 3.00 bits per heavy atom. The van der Waals surface area contributed by atoms with Crippen molar-refractivity contribution in [2.75, 3.05) is 23.3 Å². The lowest BCUT2D eigenvalue weighted by Crippen LogP contribution is -2.61. The molecule has 2 bridgehead atoms. The number of thiophene rings is 1. The third kappa shape index (κ3) is 2.89. The van der Waals surface area contributed by atoms with E-state index in [1.807, 2.05) is 6.20 Å². The number of hydrogen-bond donors (Lipinski definition) is 2. The third-order valence-electron chi connectivity index (χ3n) is 5.45. The van der Waals surface area contributed by atoms with Gasteiger partial charge in [-0.1, -0.05) is 12.1 Å². The number of amides is 1. The highest BCUT2D eigenvalue weighted by atomic mass is 32.1. The van der Waals surface area contributed by atoms with Crippen LogP contribution in [-0.4, -0.2) is 41.0 Å². The van der Waals surface area contributed by atoms with Gasteiger partial charge in [-0.15, -0.1) is 11.3 Å². The number of nitrogens with zero attached hydrogens (tertiary/aromatic N) is 4. The van der Waals surface area contributed by atoms with Crippen molar-refractivity contribution < 1.29 is 4.79 Å². The van der Waals surface area contributed by atoms with Crippen LogP contribution in [0.3, 0.4) is 0 Å². The zero-order chi connectivity index (χ0) is 19.1. The predicted molar refractivity (Wildman–Crippen MR) is 109 cm³/mol. The lowest BCUT2D eigenvalue weighted by atomic mass is 9.93. The van der Waals surface area contributed by atoms with Crippen LogP contribution in [0.5, 0.6) is 0 Å². The average Bonchev–Trinajstić information content (AvgIpc) is 3.18. The van der Waals surface area contributed by atoms with Gasteiger partial charge < -0.3 is 15.5 Å². The summed E-state index contributed by atoms with van der Waals surface area (Å²) in [4.78, 5) is 25.3. The van der Waals surface area contributed by atoms with E-state index in [4.69, 9.17) is 4.98 Å². The van der Waals surface area contributed by atoms with Crippen LogP contribution in [0.2, 0.25) is 0 Å². The second-order valence-corrected chi connectivity index (χ2v) is 7.99. The molecule has 8 heteroatoms. The van der Waals surface area contributed by atoms with E-state index >= 15 is 0 Å². The van der Waals surface area contributed by atoms with E-state index in [0.29, 0.717) is 34.4 Å². The number of aromatic nitrogens is 2. The molecular weight excluding hydrogens is 372 g/mol. The van der Waals surface area contributed by atoms with Gasteiger partial charge in [-0.2, -0.15) is 5.26 Å². The van der Waals surface area contributed by atoms with Gasteiger partial charge in [0.15, 0.2) is 0 Å². The molecule has 1 aromatic carbocycles. The van der Waals surface area contributed by atoms with Crippen molar-refractivity contribution in [2.24, 2.45) is 0 Å². The molecule has 1 unspecified atom stereocenters. The molecule has 7 nitrogen and oxygen atoms in total. The summed E-state index contributed by atoms with van der Waals surface area (Å²) < 4.78 is 0. The van der Waals surface area contributed by atoms with Crippen LogP contribution in [0.25, 0.3) is 10.3 Å². The van der Waals surface area contributed by atoms with Crippen molar-refractivity contribution in [1.82, 2.24) is 15.3 Å². The van der Waals surface area contributed by atoms with Crippen LogP contribution in [0.4, 0.5) is 11.5 Å². The second-order valence-electron chi connectivity index (χ2n) is 7.13. The Labute approximate surface area is 166 Å².